The molecule has 0 atom stereocenters. The molecule has 4 rings (SSSR count). The van der Waals surface area contributed by atoms with Gasteiger partial charge in [-0.1, -0.05) is 36.4 Å². The van der Waals surface area contributed by atoms with Gasteiger partial charge in [0.2, 0.25) is 5.75 Å². The first-order chi connectivity index (χ1) is 15.8. The summed E-state index contributed by atoms with van der Waals surface area (Å²) < 4.78 is 19.6. The number of nitro groups is 1. The Morgan fingerprint density at radius 1 is 1.09 bits per heavy atom. The highest BCUT2D eigenvalue weighted by molar-refractivity contribution is 9.10. The number of para-hydroxylation sites is 1. The molecule has 1 heterocycles. The minimum absolute atomic E-state index is 0.0986. The van der Waals surface area contributed by atoms with Crippen LogP contribution in [-0.4, -0.2) is 16.7 Å². The highest BCUT2D eigenvalue weighted by Crippen LogP contribution is 2.38. The third-order valence-corrected chi connectivity index (χ3v) is 5.38. The van der Waals surface area contributed by atoms with Crippen molar-refractivity contribution in [3.63, 3.8) is 0 Å². The van der Waals surface area contributed by atoms with Crippen LogP contribution in [0.1, 0.15) is 11.1 Å². The van der Waals surface area contributed by atoms with E-state index in [1.165, 1.54) is 36.4 Å². The number of amides is 2. The number of hydrogen-bond donors (Lipinski definition) is 1. The number of hydrogen-bond acceptors (Lipinski definition) is 5. The lowest BCUT2D eigenvalue weighted by molar-refractivity contribution is -0.386. The van der Waals surface area contributed by atoms with Crippen molar-refractivity contribution >= 4 is 45.2 Å². The average Bonchev–Trinajstić information content (AvgIpc) is 3.08. The predicted octanol–water partition coefficient (Wildman–Crippen LogP) is 4.54. The second-order valence-electron chi connectivity index (χ2n) is 6.96. The minimum Gasteiger partial charge on any atom is -0.481 e. The van der Waals surface area contributed by atoms with Crippen molar-refractivity contribution < 1.29 is 23.6 Å². The molecule has 166 valence electrons. The van der Waals surface area contributed by atoms with E-state index < -0.39 is 28.2 Å². The molecule has 33 heavy (non-hydrogen) atoms. The Hall–Kier alpha value is -4.05. The molecule has 0 radical (unpaired) electrons. The van der Waals surface area contributed by atoms with Crippen molar-refractivity contribution in [3.8, 4) is 5.75 Å². The van der Waals surface area contributed by atoms with Crippen LogP contribution in [-0.2, 0) is 16.2 Å². The summed E-state index contributed by atoms with van der Waals surface area (Å²) in [6.45, 7) is -0.223. The summed E-state index contributed by atoms with van der Waals surface area (Å²) in [5, 5.41) is 12.8. The molecule has 8 nitrogen and oxygen atoms in total. The fraction of sp³-hybridized carbons (Fsp3) is 0.0435. The normalized spacial score (nSPS) is 14.5. The number of ether oxygens (including phenoxy) is 1. The van der Waals surface area contributed by atoms with Crippen LogP contribution in [0.25, 0.3) is 6.08 Å². The minimum atomic E-state index is -0.656. The van der Waals surface area contributed by atoms with Crippen LogP contribution in [0.3, 0.4) is 0 Å². The maximum atomic E-state index is 13.9. The van der Waals surface area contributed by atoms with E-state index in [0.717, 1.165) is 5.01 Å². The molecule has 1 fully saturated rings. The molecule has 1 N–H and O–H groups in total. The van der Waals surface area contributed by atoms with Crippen LogP contribution in [0, 0.1) is 15.9 Å². The Balaban J connectivity index is 1.64. The molecule has 0 aliphatic carbocycles. The van der Waals surface area contributed by atoms with Gasteiger partial charge in [-0.2, -0.15) is 0 Å². The van der Waals surface area contributed by atoms with E-state index >= 15 is 0 Å². The summed E-state index contributed by atoms with van der Waals surface area (Å²) in [6.07, 6.45) is 1.26. The van der Waals surface area contributed by atoms with Crippen LogP contribution < -0.4 is 15.2 Å². The third-order valence-electron chi connectivity index (χ3n) is 4.79. The molecule has 2 amide bonds. The smallest absolute Gasteiger partial charge is 0.312 e. The lowest BCUT2D eigenvalue weighted by Crippen LogP contribution is -2.35. The van der Waals surface area contributed by atoms with Gasteiger partial charge in [0, 0.05) is 11.6 Å². The predicted molar refractivity (Wildman–Crippen MR) is 122 cm³/mol. The van der Waals surface area contributed by atoms with Gasteiger partial charge < -0.3 is 4.74 Å². The van der Waals surface area contributed by atoms with Gasteiger partial charge in [-0.3, -0.25) is 25.1 Å². The van der Waals surface area contributed by atoms with Crippen molar-refractivity contribution in [2.75, 3.05) is 5.01 Å². The summed E-state index contributed by atoms with van der Waals surface area (Å²) in [4.78, 5) is 36.1. The number of carbonyl (C=O) groups is 2. The number of nitrogens with one attached hydrogen (secondary N) is 1. The van der Waals surface area contributed by atoms with Crippen molar-refractivity contribution in [1.29, 1.82) is 0 Å². The van der Waals surface area contributed by atoms with Crippen molar-refractivity contribution in [2.45, 2.75) is 6.61 Å². The number of benzene rings is 3. The van der Waals surface area contributed by atoms with E-state index in [1.807, 2.05) is 0 Å². The Bertz CT molecular complexity index is 1300. The molecular weight excluding hydrogens is 497 g/mol. The fourth-order valence-corrected chi connectivity index (χ4v) is 3.79. The van der Waals surface area contributed by atoms with Gasteiger partial charge in [-0.25, -0.2) is 9.40 Å². The maximum Gasteiger partial charge on any atom is 0.312 e. The molecule has 1 aliphatic rings. The summed E-state index contributed by atoms with van der Waals surface area (Å²) in [5.74, 6) is -1.82. The van der Waals surface area contributed by atoms with Crippen molar-refractivity contribution in [1.82, 2.24) is 5.43 Å². The second-order valence-corrected chi connectivity index (χ2v) is 7.82. The zero-order valence-electron chi connectivity index (χ0n) is 16.8. The number of nitro benzene ring substituents is 1. The molecule has 0 aromatic heterocycles. The summed E-state index contributed by atoms with van der Waals surface area (Å²) >= 11 is 3.24. The number of hydrazine groups is 1. The zero-order valence-corrected chi connectivity index (χ0v) is 18.4. The molecule has 0 spiro atoms. The first kappa shape index (κ1) is 22.2. The molecular formula is C23H15BrFN3O5. The summed E-state index contributed by atoms with van der Waals surface area (Å²) in [5.41, 5.74) is 2.83. The highest BCUT2D eigenvalue weighted by atomic mass is 79.9. The highest BCUT2D eigenvalue weighted by Gasteiger charge is 2.34. The number of nitrogens with zero attached hydrogens (tertiary/aromatic N) is 2. The second kappa shape index (κ2) is 9.21. The Morgan fingerprint density at radius 2 is 1.79 bits per heavy atom. The number of anilines is 1. The van der Waals surface area contributed by atoms with Gasteiger partial charge in [0.15, 0.2) is 0 Å². The average molecular weight is 512 g/mol. The van der Waals surface area contributed by atoms with Crippen LogP contribution >= 0.6 is 15.9 Å². The quantitative estimate of drug-likeness (QED) is 0.226. The lowest BCUT2D eigenvalue weighted by atomic mass is 10.1. The van der Waals surface area contributed by atoms with E-state index in [0.29, 0.717) is 5.69 Å². The number of carbonyl (C=O) groups excluding carboxylic acids is 2. The van der Waals surface area contributed by atoms with Crippen LogP contribution in [0.2, 0.25) is 0 Å². The van der Waals surface area contributed by atoms with Crippen molar-refractivity contribution in [3.05, 3.63) is 104 Å². The first-order valence-electron chi connectivity index (χ1n) is 9.61. The zero-order chi connectivity index (χ0) is 23.5. The fourth-order valence-electron chi connectivity index (χ4n) is 3.21. The Kier molecular flexibility index (Phi) is 6.18. The summed E-state index contributed by atoms with van der Waals surface area (Å²) in [7, 11) is 0. The molecule has 3 aromatic rings. The van der Waals surface area contributed by atoms with Crippen LogP contribution in [0.5, 0.6) is 5.75 Å². The monoisotopic (exact) mass is 511 g/mol. The molecule has 10 heteroatoms. The van der Waals surface area contributed by atoms with Crippen molar-refractivity contribution in [2.24, 2.45) is 0 Å². The molecule has 0 bridgehead atoms. The standard InChI is InChI=1S/C23H15BrFN3O5/c24-18-11-14(10-17-22(29)26-27(23(17)30)16-7-2-1-3-8-16)12-20(28(31)32)21(18)33-13-15-6-4-5-9-19(15)25/h1-12H,13H2,(H,26,29)/b17-10-. The number of rotatable bonds is 6. The largest absolute Gasteiger partial charge is 0.481 e. The van der Waals surface area contributed by atoms with E-state index in [4.69, 9.17) is 4.74 Å². The van der Waals surface area contributed by atoms with E-state index in [1.54, 1.807) is 36.4 Å². The topological polar surface area (TPSA) is 102 Å². The Labute approximate surface area is 195 Å². The van der Waals surface area contributed by atoms with Gasteiger partial charge in [-0.05, 0) is 51.8 Å². The molecule has 0 saturated carbocycles. The van der Waals surface area contributed by atoms with E-state index in [-0.39, 0.29) is 33.5 Å². The lowest BCUT2D eigenvalue weighted by Gasteiger charge is -2.13. The van der Waals surface area contributed by atoms with Gasteiger partial charge >= 0.3 is 5.69 Å². The van der Waals surface area contributed by atoms with Crippen LogP contribution in [0.15, 0.2) is 76.8 Å². The SMILES string of the molecule is O=C1NN(c2ccccc2)C(=O)/C1=C\c1cc(Br)c(OCc2ccccc2F)c([N+](=O)[O-])c1. The number of halogens is 2. The Morgan fingerprint density at radius 3 is 2.48 bits per heavy atom. The molecule has 1 aliphatic heterocycles. The van der Waals surface area contributed by atoms with E-state index in [2.05, 4.69) is 21.4 Å². The van der Waals surface area contributed by atoms with Crippen LogP contribution in [0.4, 0.5) is 15.8 Å². The van der Waals surface area contributed by atoms with Gasteiger partial charge in [0.25, 0.3) is 11.8 Å². The molecule has 1 saturated heterocycles. The molecule has 3 aromatic carbocycles. The first-order valence-corrected chi connectivity index (χ1v) is 10.4. The van der Waals surface area contributed by atoms with Gasteiger partial charge in [0.05, 0.1) is 15.1 Å². The molecule has 0 unspecified atom stereocenters. The van der Waals surface area contributed by atoms with Gasteiger partial charge in [0.1, 0.15) is 18.0 Å². The summed E-state index contributed by atoms with van der Waals surface area (Å²) in [6, 6.07) is 17.1. The van der Waals surface area contributed by atoms with Gasteiger partial charge in [-0.15, -0.1) is 0 Å². The maximum absolute atomic E-state index is 13.9. The third kappa shape index (κ3) is 4.60. The van der Waals surface area contributed by atoms with E-state index in [9.17, 15) is 24.1 Å².